The second kappa shape index (κ2) is 33.2. The average molecular weight is 1790 g/mol. The number of rotatable bonds is 11. The molecule has 0 bridgehead atoms. The number of hydrogen-bond donors (Lipinski definition) is 22. The number of aromatic amines is 12. The fourth-order valence-corrected chi connectivity index (χ4v) is 16.5. The molecule has 43 heteroatoms. The van der Waals surface area contributed by atoms with Crippen LogP contribution < -0.4 is 15.2 Å². The minimum Gasteiger partial charge on any atom is -0.494 e. The van der Waals surface area contributed by atoms with Gasteiger partial charge in [-0.05, 0) is 171 Å². The molecule has 0 radical (unpaired) electrons. The fourth-order valence-electron chi connectivity index (χ4n) is 15.1. The highest BCUT2D eigenvalue weighted by Crippen LogP contribution is 2.44. The van der Waals surface area contributed by atoms with Crippen LogP contribution in [0.2, 0.25) is 0 Å². The lowest BCUT2D eigenvalue weighted by atomic mass is 10.1. The van der Waals surface area contributed by atoms with Gasteiger partial charge in [-0.3, -0.25) is 25.1 Å². The number of hydrogen-bond acceptors (Lipinski definition) is 24. The number of sulfonamides is 2. The van der Waals surface area contributed by atoms with Crippen LogP contribution in [0.4, 0.5) is 15.8 Å². The van der Waals surface area contributed by atoms with Crippen LogP contribution in [0.1, 0.15) is 5.56 Å². The molecule has 0 spiro atoms. The van der Waals surface area contributed by atoms with Crippen LogP contribution >= 0.6 is 0 Å². The molecule has 648 valence electrons. The quantitative estimate of drug-likeness (QED) is 0.0188. The Bertz CT molecular complexity index is 8910. The minimum absolute atomic E-state index is 0.00280. The molecule has 18 heterocycles. The summed E-state index contributed by atoms with van der Waals surface area (Å²) >= 11 is 0. The highest BCUT2D eigenvalue weighted by Gasteiger charge is 2.24. The van der Waals surface area contributed by atoms with E-state index in [1.165, 1.54) is 37.6 Å². The topological polar surface area (TPSA) is 621 Å². The fraction of sp³-hybridized carbons (Fsp3) is 0.0227. The van der Waals surface area contributed by atoms with E-state index in [-0.39, 0.29) is 51.8 Å². The minimum atomic E-state index is -3.59. The number of para-hydroxylation sites is 1. The highest BCUT2D eigenvalue weighted by molar-refractivity contribution is 7.92. The van der Waals surface area contributed by atoms with Gasteiger partial charge in [-0.25, -0.2) is 70.7 Å². The Hall–Kier alpha value is -18.6. The molecule has 0 aliphatic carbocycles. The van der Waals surface area contributed by atoms with Crippen molar-refractivity contribution in [1.82, 2.24) is 125 Å². The Kier molecular flexibility index (Phi) is 20.8. The summed E-state index contributed by atoms with van der Waals surface area (Å²) < 4.78 is 65.0. The van der Waals surface area contributed by atoms with Gasteiger partial charge in [0.05, 0.1) is 134 Å². The van der Waals surface area contributed by atoms with Crippen LogP contribution in [0.3, 0.4) is 0 Å². The number of nitrogens with zero attached hydrogens (tertiary/aromatic N) is 14. The Morgan fingerprint density at radius 3 is 1.21 bits per heavy atom. The van der Waals surface area contributed by atoms with Gasteiger partial charge in [-0.2, -0.15) is 20.4 Å². The number of fused-ring (bicyclic) bond motifs is 12. The SMILES string of the molecule is CNS(=O)(=O)c1ccc2[nH]c(O)c(-c3ccc4[nH]cnc4n3)c2c1.CS(=O)(=O)Nc1ccc2[nH]c(O)c(-c3ccc4[nH]cnc4n3)c2c1.N/C(=N\O)c1ccc2[nH]c(O)c(-c3ccc4cn[nH]c4n3)c2c1.Oc1[nH]c2ccc(F)cc2c1-c1ccc2cn[nH]c2n1.Oc1[nH]c2ccccc2c1-c1ccc2cn[nH]c2n1.[C-]#[N+]c1ccc2[nH]c(O)c(-c3ccc4cn[nH]c4n3)c2c1. The lowest BCUT2D eigenvalue weighted by Crippen LogP contribution is -2.18. The number of nitrogens with one attached hydrogen (secondary N) is 14. The molecule has 6 aromatic carbocycles. The van der Waals surface area contributed by atoms with Crippen molar-refractivity contribution in [1.29, 1.82) is 0 Å². The summed E-state index contributed by atoms with van der Waals surface area (Å²) in [6, 6.07) is 53.9. The third kappa shape index (κ3) is 15.9. The third-order valence-corrected chi connectivity index (χ3v) is 23.2. The Labute approximate surface area is 732 Å². The van der Waals surface area contributed by atoms with Gasteiger partial charge < -0.3 is 81.5 Å². The number of imidazole rings is 2. The van der Waals surface area contributed by atoms with Gasteiger partial charge in [0.15, 0.2) is 80.7 Å². The average Bonchev–Trinajstić information content (AvgIpc) is 1.62. The van der Waals surface area contributed by atoms with Gasteiger partial charge >= 0.3 is 0 Å². The van der Waals surface area contributed by atoms with E-state index < -0.39 is 20.0 Å². The molecule has 40 nitrogen and oxygen atoms in total. The van der Waals surface area contributed by atoms with Crippen molar-refractivity contribution < 1.29 is 57.1 Å². The van der Waals surface area contributed by atoms with Crippen molar-refractivity contribution in [2.75, 3.05) is 18.0 Å². The summed E-state index contributed by atoms with van der Waals surface area (Å²) in [5, 5.41) is 108. The number of aromatic hydroxyl groups is 6. The van der Waals surface area contributed by atoms with Gasteiger partial charge in [0.25, 0.3) is 0 Å². The Morgan fingerprint density at radius 2 is 0.771 bits per heavy atom. The number of amidine groups is 1. The number of oxime groups is 1. The first-order valence-corrected chi connectivity index (χ1v) is 42.5. The lowest BCUT2D eigenvalue weighted by molar-refractivity contribution is 0.318. The molecular weight excluding hydrogens is 1720 g/mol. The first-order valence-electron chi connectivity index (χ1n) is 39.2. The molecular formula is C88H66FN29O11S2. The molecule has 0 aliphatic heterocycles. The predicted molar refractivity (Wildman–Crippen MR) is 491 cm³/mol. The number of halogens is 1. The molecule has 0 saturated heterocycles. The van der Waals surface area contributed by atoms with Crippen LogP contribution in [0.15, 0.2) is 236 Å². The molecule has 18 aromatic heterocycles. The first-order chi connectivity index (χ1) is 63.4. The molecule has 23 N–H and O–H groups in total. The van der Waals surface area contributed by atoms with E-state index >= 15 is 0 Å². The van der Waals surface area contributed by atoms with Crippen molar-refractivity contribution in [2.24, 2.45) is 10.9 Å². The summed E-state index contributed by atoms with van der Waals surface area (Å²) in [5.74, 6) is -0.336. The maximum absolute atomic E-state index is 13.4. The highest BCUT2D eigenvalue weighted by atomic mass is 32.2. The van der Waals surface area contributed by atoms with Crippen LogP contribution in [-0.4, -0.2) is 192 Å². The van der Waals surface area contributed by atoms with E-state index in [2.05, 4.69) is 140 Å². The standard InChI is InChI=1S/C15H12N6O2.2C15H13N5O3S.C15H9N5O.C14H9FN4O.C14H10N4O/c16-13(21-23)7-1-3-10-9(5-7)12(15(22)19-10)11-4-2-8-6-17-20-14(8)18-11;1-24(22,23)20-8-2-3-10-9(6-8)13(15(21)19-10)11-4-5-12-14(18-11)17-7-16-12;1-16-24(22,23)8-2-3-10-9(6-8)13(15(21)20-10)11-4-5-12-14(19-11)18-7-17-12;1-16-9-3-5-11-10(6-9)13(15(21)19-11)12-4-2-8-7-17-20-14(8)18-12;15-8-2-4-10-9(5-8)12(14(20)18-10)11-3-1-7-6-16-19-13(7)17-11;19-14-12(9-3-1-2-4-10(9)17-14)11-6-5-8-7-15-18-13(8)16-11/h1-6,19,22-23H,(H2,16,21)(H,17,18,20);2-7,19-21H,1H3,(H,16,17,18);2-7,16,20-21H,1H3,(H,17,18,19);2-7,19,21H,(H,17,18,20);1-6,18,20H,(H,16,17,19);1-7,17,19H,(H,15,16,18). The lowest BCUT2D eigenvalue weighted by Gasteiger charge is -2.05. The Morgan fingerprint density at radius 1 is 0.412 bits per heavy atom. The maximum Gasteiger partial charge on any atom is 0.240 e. The van der Waals surface area contributed by atoms with Crippen molar-refractivity contribution >= 4 is 169 Å². The normalized spacial score (nSPS) is 11.8. The van der Waals surface area contributed by atoms with E-state index in [0.29, 0.717) is 151 Å². The van der Waals surface area contributed by atoms with Crippen LogP contribution in [0, 0.1) is 12.4 Å². The van der Waals surface area contributed by atoms with Gasteiger partial charge in [0.1, 0.15) is 5.82 Å². The summed E-state index contributed by atoms with van der Waals surface area (Å²) in [4.78, 5) is 61.6. The van der Waals surface area contributed by atoms with E-state index in [0.717, 1.165) is 71.5 Å². The van der Waals surface area contributed by atoms with Crippen molar-refractivity contribution in [3.05, 3.63) is 248 Å². The number of aromatic nitrogens is 24. The first kappa shape index (κ1) is 82.1. The summed E-state index contributed by atoms with van der Waals surface area (Å²) in [6.07, 6.45) is 10.9. The number of nitrogens with two attached hydrogens (primary N) is 1. The van der Waals surface area contributed by atoms with E-state index in [9.17, 15) is 51.9 Å². The molecule has 0 amide bonds. The van der Waals surface area contributed by atoms with Gasteiger partial charge in [-0.15, -0.1) is 0 Å². The maximum atomic E-state index is 13.4. The zero-order valence-electron chi connectivity index (χ0n) is 67.7. The third-order valence-electron chi connectivity index (χ3n) is 21.2. The van der Waals surface area contributed by atoms with Gasteiger partial charge in [-0.1, -0.05) is 29.4 Å². The predicted octanol–water partition coefficient (Wildman–Crippen LogP) is 14.9. The van der Waals surface area contributed by atoms with Crippen molar-refractivity contribution in [3.8, 4) is 103 Å². The zero-order chi connectivity index (χ0) is 90.7. The van der Waals surface area contributed by atoms with Gasteiger partial charge in [0.2, 0.25) is 20.0 Å². The van der Waals surface area contributed by atoms with Crippen molar-refractivity contribution in [2.45, 2.75) is 4.90 Å². The number of anilines is 1. The van der Waals surface area contributed by atoms with E-state index in [4.69, 9.17) is 17.5 Å². The molecule has 0 aliphatic rings. The summed E-state index contributed by atoms with van der Waals surface area (Å²) in [7, 11) is -5.63. The number of benzene rings is 6. The molecule has 0 fully saturated rings. The summed E-state index contributed by atoms with van der Waals surface area (Å²) in [6.45, 7) is 7.11. The zero-order valence-corrected chi connectivity index (χ0v) is 69.3. The smallest absolute Gasteiger partial charge is 0.240 e. The van der Waals surface area contributed by atoms with Crippen LogP contribution in [0.5, 0.6) is 35.3 Å². The molecule has 131 heavy (non-hydrogen) atoms. The van der Waals surface area contributed by atoms with Gasteiger partial charge in [0, 0.05) is 98.2 Å². The molecule has 24 rings (SSSR count). The summed E-state index contributed by atoms with van der Waals surface area (Å²) in [5.41, 5.74) is 23.4. The molecule has 0 atom stereocenters. The number of H-pyrrole nitrogens is 12. The molecule has 0 saturated carbocycles. The van der Waals surface area contributed by atoms with E-state index in [1.54, 1.807) is 128 Å². The second-order valence-corrected chi connectivity index (χ2v) is 33.1. The van der Waals surface area contributed by atoms with Crippen LogP contribution in [-0.2, 0) is 20.0 Å². The number of pyridine rings is 6. The molecule has 24 aromatic rings. The second-order valence-electron chi connectivity index (χ2n) is 29.4. The monoisotopic (exact) mass is 1790 g/mol. The Balaban J connectivity index is 0.000000102. The van der Waals surface area contributed by atoms with E-state index in [1.807, 2.05) is 66.7 Å². The molecule has 0 unspecified atom stereocenters. The van der Waals surface area contributed by atoms with Crippen LogP contribution in [0.25, 0.3) is 204 Å². The van der Waals surface area contributed by atoms with Crippen molar-refractivity contribution in [3.63, 3.8) is 0 Å². The largest absolute Gasteiger partial charge is 0.494 e.